The van der Waals surface area contributed by atoms with E-state index in [0.717, 1.165) is 21.3 Å². The normalized spacial score (nSPS) is 14.4. The van der Waals surface area contributed by atoms with E-state index in [1.807, 2.05) is 0 Å². The standard InChI is InChI=1S/C13H24ClIO2Si/c1-13(2,3)18(4,5)17-10-8-12(15)11(14)7-6-9-16/h9H,6-8,10H2,1-5H3/b12-11-. The predicted molar refractivity (Wildman–Crippen MR) is 90.0 cm³/mol. The number of aldehydes is 1. The molecule has 0 saturated heterocycles. The fraction of sp³-hybridized carbons (Fsp3) is 0.769. The van der Waals surface area contributed by atoms with Gasteiger partial charge in [0.15, 0.2) is 8.32 Å². The minimum atomic E-state index is -1.66. The third-order valence-corrected chi connectivity index (χ3v) is 9.83. The lowest BCUT2D eigenvalue weighted by Crippen LogP contribution is -2.40. The first-order valence-corrected chi connectivity index (χ1v) is 10.6. The number of allylic oxidation sites excluding steroid dienone is 1. The molecule has 0 spiro atoms. The van der Waals surface area contributed by atoms with E-state index in [1.54, 1.807) is 0 Å². The molecule has 0 saturated carbocycles. The zero-order chi connectivity index (χ0) is 14.4. The van der Waals surface area contributed by atoms with Crippen molar-refractivity contribution in [3.05, 3.63) is 8.61 Å². The Hall–Kier alpha value is 0.607. The summed E-state index contributed by atoms with van der Waals surface area (Å²) in [6.07, 6.45) is 2.88. The van der Waals surface area contributed by atoms with E-state index in [1.165, 1.54) is 0 Å². The fourth-order valence-electron chi connectivity index (χ4n) is 1.07. The summed E-state index contributed by atoms with van der Waals surface area (Å²) >= 11 is 8.37. The molecule has 0 atom stereocenters. The number of rotatable bonds is 7. The lowest BCUT2D eigenvalue weighted by Gasteiger charge is -2.36. The Morgan fingerprint density at radius 2 is 1.89 bits per heavy atom. The average Bonchev–Trinajstić information content (AvgIpc) is 2.23. The van der Waals surface area contributed by atoms with Gasteiger partial charge in [0, 0.05) is 28.1 Å². The topological polar surface area (TPSA) is 26.3 Å². The van der Waals surface area contributed by atoms with Crippen LogP contribution in [-0.2, 0) is 9.22 Å². The minimum Gasteiger partial charge on any atom is -0.416 e. The number of carbonyl (C=O) groups excluding carboxylic acids is 1. The molecule has 0 aliphatic heterocycles. The summed E-state index contributed by atoms with van der Waals surface area (Å²) in [4.78, 5) is 10.3. The van der Waals surface area contributed by atoms with Crippen molar-refractivity contribution < 1.29 is 9.22 Å². The lowest BCUT2D eigenvalue weighted by atomic mass is 10.2. The molecule has 0 aromatic rings. The first-order valence-electron chi connectivity index (χ1n) is 6.22. The van der Waals surface area contributed by atoms with E-state index in [-0.39, 0.29) is 5.04 Å². The Morgan fingerprint density at radius 1 is 1.33 bits per heavy atom. The van der Waals surface area contributed by atoms with E-state index in [9.17, 15) is 4.79 Å². The summed E-state index contributed by atoms with van der Waals surface area (Å²) in [6.45, 7) is 11.9. The largest absolute Gasteiger partial charge is 0.416 e. The summed E-state index contributed by atoms with van der Waals surface area (Å²) < 4.78 is 7.20. The first-order chi connectivity index (χ1) is 8.12. The number of hydrogen-bond acceptors (Lipinski definition) is 2. The van der Waals surface area contributed by atoms with Crippen LogP contribution in [0.3, 0.4) is 0 Å². The summed E-state index contributed by atoms with van der Waals surface area (Å²) in [5.74, 6) is 0. The second-order valence-electron chi connectivity index (χ2n) is 5.87. The molecule has 0 N–H and O–H groups in total. The molecule has 5 heteroatoms. The lowest BCUT2D eigenvalue weighted by molar-refractivity contribution is -0.107. The maximum Gasteiger partial charge on any atom is 0.191 e. The van der Waals surface area contributed by atoms with Gasteiger partial charge in [0.05, 0.1) is 0 Å². The number of halogens is 2. The quantitative estimate of drug-likeness (QED) is 0.330. The molecule has 0 amide bonds. The Morgan fingerprint density at radius 3 is 2.33 bits per heavy atom. The molecule has 18 heavy (non-hydrogen) atoms. The summed E-state index contributed by atoms with van der Waals surface area (Å²) in [6, 6.07) is 0. The van der Waals surface area contributed by atoms with Gasteiger partial charge in [-0.15, -0.1) is 0 Å². The van der Waals surface area contributed by atoms with Crippen LogP contribution in [0.15, 0.2) is 8.61 Å². The van der Waals surface area contributed by atoms with Crippen LogP contribution in [-0.4, -0.2) is 21.2 Å². The molecule has 2 nitrogen and oxygen atoms in total. The van der Waals surface area contributed by atoms with Gasteiger partial charge in [-0.3, -0.25) is 0 Å². The van der Waals surface area contributed by atoms with Crippen molar-refractivity contribution >= 4 is 48.8 Å². The van der Waals surface area contributed by atoms with Crippen LogP contribution in [0.4, 0.5) is 0 Å². The molecule has 0 bridgehead atoms. The molecular formula is C13H24ClIO2Si. The predicted octanol–water partition coefficient (Wildman–Crippen LogP) is 5.26. The second kappa shape index (κ2) is 8.02. The Bertz CT molecular complexity index is 309. The summed E-state index contributed by atoms with van der Waals surface area (Å²) in [7, 11) is -1.66. The molecule has 0 heterocycles. The maximum absolute atomic E-state index is 10.3. The van der Waals surface area contributed by atoms with Gasteiger partial charge in [0.25, 0.3) is 0 Å². The molecule has 0 aliphatic carbocycles. The summed E-state index contributed by atoms with van der Waals surface area (Å²) in [5.41, 5.74) is 0. The van der Waals surface area contributed by atoms with Gasteiger partial charge in [-0.2, -0.15) is 0 Å². The van der Waals surface area contributed by atoms with Crippen LogP contribution in [0, 0.1) is 0 Å². The van der Waals surface area contributed by atoms with Gasteiger partial charge in [0.1, 0.15) is 6.29 Å². The van der Waals surface area contributed by atoms with Crippen molar-refractivity contribution in [3.8, 4) is 0 Å². The van der Waals surface area contributed by atoms with E-state index >= 15 is 0 Å². The number of hydrogen-bond donors (Lipinski definition) is 0. The molecule has 0 aliphatic rings. The van der Waals surface area contributed by atoms with Crippen molar-refractivity contribution in [3.63, 3.8) is 0 Å². The average molecular weight is 403 g/mol. The van der Waals surface area contributed by atoms with Crippen LogP contribution in [0.5, 0.6) is 0 Å². The molecule has 0 aromatic heterocycles. The third kappa shape index (κ3) is 6.68. The van der Waals surface area contributed by atoms with Gasteiger partial charge >= 0.3 is 0 Å². The monoisotopic (exact) mass is 402 g/mol. The molecule has 0 radical (unpaired) electrons. The van der Waals surface area contributed by atoms with Gasteiger partial charge < -0.3 is 9.22 Å². The highest BCUT2D eigenvalue weighted by Crippen LogP contribution is 2.37. The van der Waals surface area contributed by atoms with Crippen LogP contribution >= 0.6 is 34.2 Å². The van der Waals surface area contributed by atoms with E-state index < -0.39 is 8.32 Å². The van der Waals surface area contributed by atoms with Crippen molar-refractivity contribution in [1.82, 2.24) is 0 Å². The van der Waals surface area contributed by atoms with E-state index in [4.69, 9.17) is 16.0 Å². The van der Waals surface area contributed by atoms with Crippen LogP contribution in [0.1, 0.15) is 40.0 Å². The van der Waals surface area contributed by atoms with Crippen molar-refractivity contribution in [2.45, 2.75) is 58.2 Å². The van der Waals surface area contributed by atoms with Crippen LogP contribution in [0.25, 0.3) is 0 Å². The van der Waals surface area contributed by atoms with Gasteiger partial charge in [-0.05, 0) is 47.1 Å². The van der Waals surface area contributed by atoms with Gasteiger partial charge in [0.2, 0.25) is 0 Å². The molecule has 106 valence electrons. The van der Waals surface area contributed by atoms with Gasteiger partial charge in [-0.1, -0.05) is 32.4 Å². The Labute approximate surface area is 131 Å². The highest BCUT2D eigenvalue weighted by molar-refractivity contribution is 14.1. The second-order valence-corrected chi connectivity index (χ2v) is 12.4. The number of carbonyl (C=O) groups is 1. The van der Waals surface area contributed by atoms with Gasteiger partial charge in [-0.25, -0.2) is 0 Å². The molecule has 0 rings (SSSR count). The van der Waals surface area contributed by atoms with Crippen LogP contribution in [0.2, 0.25) is 18.1 Å². The molecule has 0 fully saturated rings. The highest BCUT2D eigenvalue weighted by atomic mass is 127. The van der Waals surface area contributed by atoms with Crippen molar-refractivity contribution in [2.24, 2.45) is 0 Å². The molecule has 0 aromatic carbocycles. The minimum absolute atomic E-state index is 0.240. The zero-order valence-corrected chi connectivity index (χ0v) is 15.9. The first kappa shape index (κ1) is 18.6. The Balaban J connectivity index is 4.23. The fourth-order valence-corrected chi connectivity index (χ4v) is 2.81. The summed E-state index contributed by atoms with van der Waals surface area (Å²) in [5, 5.41) is 1.03. The van der Waals surface area contributed by atoms with Crippen molar-refractivity contribution in [1.29, 1.82) is 0 Å². The smallest absolute Gasteiger partial charge is 0.191 e. The maximum atomic E-state index is 10.3. The molecular weight excluding hydrogens is 379 g/mol. The van der Waals surface area contributed by atoms with Crippen molar-refractivity contribution in [2.75, 3.05) is 6.61 Å². The zero-order valence-electron chi connectivity index (χ0n) is 12.0. The third-order valence-electron chi connectivity index (χ3n) is 3.37. The molecule has 0 unspecified atom stereocenters. The SMILES string of the molecule is CC(C)(C)[Si](C)(C)OCC/C(I)=C(/Cl)CCC=O. The van der Waals surface area contributed by atoms with E-state index in [2.05, 4.69) is 56.5 Å². The van der Waals surface area contributed by atoms with E-state index in [0.29, 0.717) is 19.4 Å². The van der Waals surface area contributed by atoms with Crippen LogP contribution < -0.4 is 0 Å². The Kier molecular flexibility index (Phi) is 8.29. The highest BCUT2D eigenvalue weighted by Gasteiger charge is 2.36.